The number of benzene rings is 1. The summed E-state index contributed by atoms with van der Waals surface area (Å²) < 4.78 is 12.2. The van der Waals surface area contributed by atoms with Gasteiger partial charge in [0.1, 0.15) is 17.6 Å². The molecule has 0 bridgehead atoms. The molecule has 3 heterocycles. The average molecular weight is 477 g/mol. The molecular formula is C25H28N6O4. The molecule has 1 aliphatic rings. The summed E-state index contributed by atoms with van der Waals surface area (Å²) in [6.07, 6.45) is 6.83. The van der Waals surface area contributed by atoms with Crippen LogP contribution in [0.2, 0.25) is 0 Å². The molecule has 0 saturated carbocycles. The lowest BCUT2D eigenvalue weighted by Crippen LogP contribution is -2.22. The van der Waals surface area contributed by atoms with Gasteiger partial charge in [0.2, 0.25) is 5.90 Å². The highest BCUT2D eigenvalue weighted by atomic mass is 16.5. The Balaban J connectivity index is 1.45. The van der Waals surface area contributed by atoms with Crippen molar-refractivity contribution in [3.05, 3.63) is 59.9 Å². The molecule has 1 atom stereocenters. The van der Waals surface area contributed by atoms with Gasteiger partial charge in [0, 0.05) is 30.1 Å². The molecule has 0 amide bonds. The molecule has 0 fully saturated rings. The SMILES string of the molecule is COC(=N)/C=C\C(=N)C(CC(=O)O)n1ncc2cc(OCCc3ccc4c(n3)NCCC4)ccc21. The number of carbonyl (C=O) groups is 1. The minimum Gasteiger partial charge on any atom is -0.493 e. The highest BCUT2D eigenvalue weighted by Crippen LogP contribution is 2.26. The number of anilines is 1. The topological polar surface area (TPSA) is 146 Å². The average Bonchev–Trinajstić information content (AvgIpc) is 3.28. The maximum atomic E-state index is 11.5. The Kier molecular flexibility index (Phi) is 7.39. The quantitative estimate of drug-likeness (QED) is 0.258. The zero-order chi connectivity index (χ0) is 24.8. The molecule has 1 aromatic carbocycles. The van der Waals surface area contributed by atoms with E-state index in [0.717, 1.165) is 36.3 Å². The van der Waals surface area contributed by atoms with Crippen LogP contribution >= 0.6 is 0 Å². The van der Waals surface area contributed by atoms with Crippen molar-refractivity contribution in [3.8, 4) is 5.75 Å². The first-order valence-electron chi connectivity index (χ1n) is 11.4. The summed E-state index contributed by atoms with van der Waals surface area (Å²) >= 11 is 0. The van der Waals surface area contributed by atoms with Gasteiger partial charge in [0.25, 0.3) is 0 Å². The number of hydrogen-bond acceptors (Lipinski definition) is 8. The van der Waals surface area contributed by atoms with Crippen molar-refractivity contribution >= 4 is 34.3 Å². The number of nitrogens with one attached hydrogen (secondary N) is 3. The van der Waals surface area contributed by atoms with Crippen molar-refractivity contribution in [1.82, 2.24) is 14.8 Å². The number of carboxylic acids is 1. The minimum atomic E-state index is -1.05. The second-order valence-corrected chi connectivity index (χ2v) is 8.22. The summed E-state index contributed by atoms with van der Waals surface area (Å²) in [5.41, 5.74) is 2.92. The molecule has 3 aromatic rings. The summed E-state index contributed by atoms with van der Waals surface area (Å²) in [5, 5.41) is 33.7. The number of hydrogen-bond donors (Lipinski definition) is 4. The van der Waals surface area contributed by atoms with E-state index in [1.807, 2.05) is 18.2 Å². The molecule has 0 saturated heterocycles. The van der Waals surface area contributed by atoms with Crippen molar-refractivity contribution < 1.29 is 19.4 Å². The molecule has 0 radical (unpaired) electrons. The molecule has 4 rings (SSSR count). The van der Waals surface area contributed by atoms with Crippen LogP contribution in [0.4, 0.5) is 5.82 Å². The van der Waals surface area contributed by atoms with E-state index >= 15 is 0 Å². The highest BCUT2D eigenvalue weighted by molar-refractivity contribution is 6.02. The largest absolute Gasteiger partial charge is 0.493 e. The molecule has 0 spiro atoms. The number of methoxy groups -OCH3 is 1. The Bertz CT molecular complexity index is 1280. The van der Waals surface area contributed by atoms with Crippen molar-refractivity contribution in [2.45, 2.75) is 31.7 Å². The van der Waals surface area contributed by atoms with Crippen molar-refractivity contribution in [3.63, 3.8) is 0 Å². The first kappa shape index (κ1) is 23.9. The normalized spacial score (nSPS) is 13.7. The first-order chi connectivity index (χ1) is 16.9. The summed E-state index contributed by atoms with van der Waals surface area (Å²) in [6.45, 7) is 1.42. The molecule has 10 heteroatoms. The van der Waals surface area contributed by atoms with Crippen LogP contribution in [-0.2, 0) is 22.4 Å². The van der Waals surface area contributed by atoms with E-state index in [0.29, 0.717) is 24.3 Å². The molecule has 0 aliphatic carbocycles. The second kappa shape index (κ2) is 10.8. The van der Waals surface area contributed by atoms with Crippen LogP contribution in [0.15, 0.2) is 48.7 Å². The van der Waals surface area contributed by atoms with Crippen LogP contribution in [0.1, 0.15) is 30.1 Å². The third-order valence-electron chi connectivity index (χ3n) is 5.80. The van der Waals surface area contributed by atoms with Gasteiger partial charge in [0.05, 0.1) is 37.6 Å². The van der Waals surface area contributed by atoms with Crippen LogP contribution < -0.4 is 10.1 Å². The number of pyridine rings is 1. The fourth-order valence-electron chi connectivity index (χ4n) is 3.99. The maximum Gasteiger partial charge on any atom is 0.305 e. The molecule has 1 unspecified atom stereocenters. The van der Waals surface area contributed by atoms with E-state index in [1.54, 1.807) is 12.3 Å². The molecule has 2 aromatic heterocycles. The number of carboxylic acid groups (broad SMARTS) is 1. The van der Waals surface area contributed by atoms with E-state index in [4.69, 9.17) is 20.3 Å². The summed E-state index contributed by atoms with van der Waals surface area (Å²) in [6, 6.07) is 8.80. The van der Waals surface area contributed by atoms with Crippen molar-refractivity contribution in [2.75, 3.05) is 25.6 Å². The van der Waals surface area contributed by atoms with Gasteiger partial charge in [-0.3, -0.25) is 14.9 Å². The van der Waals surface area contributed by atoms with Gasteiger partial charge in [-0.1, -0.05) is 6.07 Å². The lowest BCUT2D eigenvalue weighted by molar-refractivity contribution is -0.137. The minimum absolute atomic E-state index is 0.00608. The predicted octanol–water partition coefficient (Wildman–Crippen LogP) is 3.63. The number of nitrogens with zero attached hydrogens (tertiary/aromatic N) is 3. The number of aromatic nitrogens is 3. The zero-order valence-corrected chi connectivity index (χ0v) is 19.5. The first-order valence-corrected chi connectivity index (χ1v) is 11.4. The van der Waals surface area contributed by atoms with Crippen molar-refractivity contribution in [1.29, 1.82) is 10.8 Å². The summed E-state index contributed by atoms with van der Waals surface area (Å²) in [7, 11) is 1.35. The van der Waals surface area contributed by atoms with Crippen LogP contribution in [0, 0.1) is 10.8 Å². The Hall–Kier alpha value is -4.21. The zero-order valence-electron chi connectivity index (χ0n) is 19.5. The highest BCUT2D eigenvalue weighted by Gasteiger charge is 2.22. The standard InChI is InChI=1S/C25H28N6O4/c1-34-23(27)9-7-20(26)22(14-24(32)33)31-21-8-6-19(13-17(21)15-29-31)35-12-10-18-5-4-16-3-2-11-28-25(16)30-18/h4-9,13,15,22,26-27H,2-3,10-12,14H2,1H3,(H,28,30)(H,32,33)/b9-7-,26-20?,27-23?. The molecule has 10 nitrogen and oxygen atoms in total. The summed E-state index contributed by atoms with van der Waals surface area (Å²) in [4.78, 5) is 16.1. The van der Waals surface area contributed by atoms with Gasteiger partial charge >= 0.3 is 5.97 Å². The molecule has 1 aliphatic heterocycles. The smallest absolute Gasteiger partial charge is 0.305 e. The second-order valence-electron chi connectivity index (χ2n) is 8.22. The van der Waals surface area contributed by atoms with Gasteiger partial charge in [-0.25, -0.2) is 4.98 Å². The molecule has 35 heavy (non-hydrogen) atoms. The van der Waals surface area contributed by atoms with Gasteiger partial charge < -0.3 is 25.3 Å². The van der Waals surface area contributed by atoms with Gasteiger partial charge in [-0.05, 0) is 48.7 Å². The Morgan fingerprint density at radius 2 is 2.14 bits per heavy atom. The van der Waals surface area contributed by atoms with E-state index < -0.39 is 12.0 Å². The maximum absolute atomic E-state index is 11.5. The lowest BCUT2D eigenvalue weighted by atomic mass is 10.1. The van der Waals surface area contributed by atoms with Gasteiger partial charge in [-0.15, -0.1) is 0 Å². The van der Waals surface area contributed by atoms with Crippen molar-refractivity contribution in [2.24, 2.45) is 0 Å². The van der Waals surface area contributed by atoms with Gasteiger partial charge in [0.15, 0.2) is 0 Å². The number of fused-ring (bicyclic) bond motifs is 2. The number of aryl methyl sites for hydroxylation is 1. The van der Waals surface area contributed by atoms with Gasteiger partial charge in [-0.2, -0.15) is 5.10 Å². The van der Waals surface area contributed by atoms with Crippen LogP contribution in [0.25, 0.3) is 10.9 Å². The monoisotopic (exact) mass is 476 g/mol. The fourth-order valence-corrected chi connectivity index (χ4v) is 3.99. The van der Waals surface area contributed by atoms with E-state index in [9.17, 15) is 9.90 Å². The number of aliphatic carboxylic acids is 1. The van der Waals surface area contributed by atoms with Crippen LogP contribution in [-0.4, -0.2) is 57.7 Å². The Labute approximate surface area is 202 Å². The third kappa shape index (κ3) is 5.84. The lowest BCUT2D eigenvalue weighted by Gasteiger charge is -2.17. The fraction of sp³-hybridized carbons (Fsp3) is 0.320. The number of allylic oxidation sites excluding steroid dienone is 1. The van der Waals surface area contributed by atoms with Crippen LogP contribution in [0.3, 0.4) is 0 Å². The summed E-state index contributed by atoms with van der Waals surface area (Å²) in [5.74, 6) is 0.465. The molecule has 4 N–H and O–H groups in total. The Morgan fingerprint density at radius 3 is 2.94 bits per heavy atom. The molecule has 182 valence electrons. The predicted molar refractivity (Wildman–Crippen MR) is 133 cm³/mol. The van der Waals surface area contributed by atoms with E-state index in [-0.39, 0.29) is 18.0 Å². The van der Waals surface area contributed by atoms with E-state index in [2.05, 4.69) is 21.5 Å². The van der Waals surface area contributed by atoms with Crippen LogP contribution in [0.5, 0.6) is 5.75 Å². The molecular weight excluding hydrogens is 448 g/mol. The number of rotatable bonds is 10. The number of ether oxygens (including phenoxy) is 2. The van der Waals surface area contributed by atoms with E-state index in [1.165, 1.54) is 29.5 Å². The third-order valence-corrected chi connectivity index (χ3v) is 5.80. The Morgan fingerprint density at radius 1 is 1.29 bits per heavy atom.